The van der Waals surface area contributed by atoms with E-state index in [1.54, 1.807) is 0 Å². The first-order valence-electron chi connectivity index (χ1n) is 20.0. The zero-order valence-electron chi connectivity index (χ0n) is 32.4. The van der Waals surface area contributed by atoms with Crippen LogP contribution in [0.1, 0.15) is 149 Å². The maximum Gasteiger partial charge on any atom is 0.306 e. The number of aliphatic hydroxyl groups excluding tert-OH is 3. The second kappa shape index (κ2) is 31.1. The molecular weight excluding hydrogens is 704 g/mol. The zero-order valence-corrected chi connectivity index (χ0v) is 33.2. The van der Waals surface area contributed by atoms with Crippen LogP contribution < -0.4 is 0 Å². The Balaban J connectivity index is 2.52. The molecule has 6 atom stereocenters. The fourth-order valence-corrected chi connectivity index (χ4v) is 6.56. The van der Waals surface area contributed by atoms with Crippen LogP contribution in [0.4, 0.5) is 0 Å². The molecule has 1 rings (SSSR count). The average molecular weight is 775 g/mol. The molecule has 308 valence electrons. The largest absolute Gasteiger partial charge is 0.462 e. The number of aliphatic hydroxyl groups is 3. The number of carbonyl (C=O) groups excluding carboxylic acids is 2. The van der Waals surface area contributed by atoms with Crippen LogP contribution in [0.15, 0.2) is 36.5 Å². The van der Waals surface area contributed by atoms with Crippen molar-refractivity contribution < 1.29 is 56.8 Å². The van der Waals surface area contributed by atoms with Gasteiger partial charge in [0, 0.05) is 12.8 Å². The van der Waals surface area contributed by atoms with E-state index in [4.69, 9.17) is 18.9 Å². The molecule has 1 saturated heterocycles. The zero-order chi connectivity index (χ0) is 39.2. The molecule has 4 N–H and O–H groups in total. The minimum Gasteiger partial charge on any atom is -0.462 e. The van der Waals surface area contributed by atoms with Crippen LogP contribution in [0.5, 0.6) is 0 Å². The molecule has 0 aromatic heterocycles. The van der Waals surface area contributed by atoms with E-state index in [9.17, 15) is 37.9 Å². The number of ether oxygens (including phenoxy) is 4. The molecule has 0 amide bonds. The van der Waals surface area contributed by atoms with Crippen molar-refractivity contribution in [2.45, 2.75) is 185 Å². The maximum atomic E-state index is 12.7. The summed E-state index contributed by atoms with van der Waals surface area (Å²) >= 11 is 0. The van der Waals surface area contributed by atoms with Crippen molar-refractivity contribution in [3.05, 3.63) is 36.5 Å². The van der Waals surface area contributed by atoms with Gasteiger partial charge in [0.25, 0.3) is 10.1 Å². The highest BCUT2D eigenvalue weighted by Crippen LogP contribution is 2.24. The van der Waals surface area contributed by atoms with Gasteiger partial charge in [0.1, 0.15) is 36.8 Å². The third kappa shape index (κ3) is 26.3. The van der Waals surface area contributed by atoms with E-state index < -0.39 is 71.2 Å². The number of allylic oxidation sites excluding steroid dienone is 6. The van der Waals surface area contributed by atoms with E-state index in [0.717, 1.165) is 70.6 Å². The molecular formula is C40H70O12S. The van der Waals surface area contributed by atoms with Crippen LogP contribution in [0.3, 0.4) is 0 Å². The van der Waals surface area contributed by atoms with Gasteiger partial charge in [-0.2, -0.15) is 8.42 Å². The fourth-order valence-electron chi connectivity index (χ4n) is 5.87. The molecule has 1 aliphatic rings. The van der Waals surface area contributed by atoms with Crippen molar-refractivity contribution in [2.24, 2.45) is 0 Å². The van der Waals surface area contributed by atoms with Crippen molar-refractivity contribution >= 4 is 22.1 Å². The van der Waals surface area contributed by atoms with Crippen LogP contribution in [0, 0.1) is 0 Å². The molecule has 0 saturated carbocycles. The normalized spacial score (nSPS) is 21.5. The lowest BCUT2D eigenvalue weighted by atomic mass is 10.00. The van der Waals surface area contributed by atoms with E-state index in [-0.39, 0.29) is 19.4 Å². The van der Waals surface area contributed by atoms with Gasteiger partial charge in [-0.1, -0.05) is 127 Å². The number of esters is 2. The number of carbonyl (C=O) groups is 2. The van der Waals surface area contributed by atoms with Gasteiger partial charge >= 0.3 is 11.9 Å². The number of hydrogen-bond acceptors (Lipinski definition) is 11. The SMILES string of the molecule is CC/C=C/C/C=C/C/C=C/CCCCCCCC(=O)O[C@H](COC(=O)CCCCCCCCCCCC)CO[C@H]1O[C@H](CS(=O)(=O)O)[C@@H](O)C(O)C1O. The van der Waals surface area contributed by atoms with Gasteiger partial charge in [-0.3, -0.25) is 14.1 Å². The molecule has 0 spiro atoms. The Hall–Kier alpha value is -2.13. The molecule has 2 unspecified atom stereocenters. The monoisotopic (exact) mass is 774 g/mol. The highest BCUT2D eigenvalue weighted by molar-refractivity contribution is 7.85. The second-order valence-corrected chi connectivity index (χ2v) is 15.4. The first-order valence-corrected chi connectivity index (χ1v) is 21.7. The minimum absolute atomic E-state index is 0.145. The first-order chi connectivity index (χ1) is 25.5. The van der Waals surface area contributed by atoms with Gasteiger partial charge in [0.15, 0.2) is 12.4 Å². The quantitative estimate of drug-likeness (QED) is 0.0237. The standard InChI is InChI=1S/C40H70O12S/c1-3-5-7-9-11-13-15-16-17-18-19-21-23-25-27-29-36(42)51-33(30-49-35(41)28-26-24-22-20-14-12-10-8-6-4-2)31-50-40-39(45)38(44)37(43)34(52-40)32-53(46,47)48/h5,7,11,13,16-17,33-34,37-40,43-45H,3-4,6,8-10,12,14-15,18-32H2,1-2H3,(H,46,47,48)/b7-5+,13-11+,17-16+/t33-,34-,37-,38?,39?,40+/m1/s1. The average Bonchev–Trinajstić information content (AvgIpc) is 3.12. The first kappa shape index (κ1) is 48.9. The molecule has 0 aromatic carbocycles. The molecule has 1 fully saturated rings. The molecule has 0 aliphatic carbocycles. The van der Waals surface area contributed by atoms with E-state index in [2.05, 4.69) is 50.3 Å². The molecule has 1 aliphatic heterocycles. The van der Waals surface area contributed by atoms with Crippen molar-refractivity contribution in [1.29, 1.82) is 0 Å². The molecule has 0 radical (unpaired) electrons. The van der Waals surface area contributed by atoms with Gasteiger partial charge in [-0.15, -0.1) is 0 Å². The lowest BCUT2D eigenvalue weighted by Gasteiger charge is -2.40. The summed E-state index contributed by atoms with van der Waals surface area (Å²) in [6.45, 7) is 3.59. The topological polar surface area (TPSA) is 186 Å². The number of unbranched alkanes of at least 4 members (excludes halogenated alkanes) is 14. The third-order valence-electron chi connectivity index (χ3n) is 8.98. The Morgan fingerprint density at radius 1 is 0.660 bits per heavy atom. The van der Waals surface area contributed by atoms with Crippen molar-refractivity contribution in [1.82, 2.24) is 0 Å². The highest BCUT2D eigenvalue weighted by Gasteiger charge is 2.46. The highest BCUT2D eigenvalue weighted by atomic mass is 32.2. The number of rotatable bonds is 32. The van der Waals surface area contributed by atoms with Crippen LogP contribution in [-0.2, 0) is 38.7 Å². The third-order valence-corrected chi connectivity index (χ3v) is 9.73. The van der Waals surface area contributed by atoms with Gasteiger partial charge in [0.05, 0.1) is 6.61 Å². The summed E-state index contributed by atoms with van der Waals surface area (Å²) in [5, 5.41) is 30.8. The van der Waals surface area contributed by atoms with Gasteiger partial charge in [-0.25, -0.2) is 0 Å². The Morgan fingerprint density at radius 3 is 1.77 bits per heavy atom. The van der Waals surface area contributed by atoms with Crippen LogP contribution >= 0.6 is 0 Å². The molecule has 1 heterocycles. The summed E-state index contributed by atoms with van der Waals surface area (Å²) in [4.78, 5) is 25.2. The summed E-state index contributed by atoms with van der Waals surface area (Å²) < 4.78 is 53.8. The van der Waals surface area contributed by atoms with E-state index in [0.29, 0.717) is 12.8 Å². The van der Waals surface area contributed by atoms with Crippen molar-refractivity contribution in [3.8, 4) is 0 Å². The fraction of sp³-hybridized carbons (Fsp3) is 0.800. The van der Waals surface area contributed by atoms with Gasteiger partial charge in [-0.05, 0) is 44.9 Å². The smallest absolute Gasteiger partial charge is 0.306 e. The molecule has 53 heavy (non-hydrogen) atoms. The lowest BCUT2D eigenvalue weighted by Crippen LogP contribution is -2.60. The van der Waals surface area contributed by atoms with Crippen LogP contribution in [-0.4, -0.2) is 96.0 Å². The number of hydrogen-bond donors (Lipinski definition) is 4. The van der Waals surface area contributed by atoms with E-state index >= 15 is 0 Å². The van der Waals surface area contributed by atoms with Gasteiger partial charge in [0.2, 0.25) is 0 Å². The summed E-state index contributed by atoms with van der Waals surface area (Å²) in [7, 11) is -4.60. The molecule has 13 heteroatoms. The predicted molar refractivity (Wildman–Crippen MR) is 206 cm³/mol. The summed E-state index contributed by atoms with van der Waals surface area (Å²) in [6.07, 6.45) is 23.5. The summed E-state index contributed by atoms with van der Waals surface area (Å²) in [5.74, 6) is -2.01. The van der Waals surface area contributed by atoms with Crippen molar-refractivity contribution in [3.63, 3.8) is 0 Å². The maximum absolute atomic E-state index is 12.7. The molecule has 0 bridgehead atoms. The van der Waals surface area contributed by atoms with E-state index in [1.807, 2.05) is 0 Å². The van der Waals surface area contributed by atoms with Crippen molar-refractivity contribution in [2.75, 3.05) is 19.0 Å². The van der Waals surface area contributed by atoms with Crippen LogP contribution in [0.2, 0.25) is 0 Å². The Bertz CT molecular complexity index is 1140. The second-order valence-electron chi connectivity index (χ2n) is 13.9. The van der Waals surface area contributed by atoms with Gasteiger partial charge < -0.3 is 34.3 Å². The Kier molecular flexibility index (Phi) is 28.7. The molecule has 0 aromatic rings. The van der Waals surface area contributed by atoms with Crippen LogP contribution in [0.25, 0.3) is 0 Å². The molecule has 12 nitrogen and oxygen atoms in total. The minimum atomic E-state index is -4.60. The Labute approximate surface area is 319 Å². The Morgan fingerprint density at radius 2 is 1.19 bits per heavy atom. The predicted octanol–water partition coefficient (Wildman–Crippen LogP) is 7.05. The van der Waals surface area contributed by atoms with E-state index in [1.165, 1.54) is 38.5 Å². The summed E-state index contributed by atoms with van der Waals surface area (Å²) in [6, 6.07) is 0. The summed E-state index contributed by atoms with van der Waals surface area (Å²) in [5.41, 5.74) is 0. The lowest BCUT2D eigenvalue weighted by molar-refractivity contribution is -0.297.